The summed E-state index contributed by atoms with van der Waals surface area (Å²) in [6.45, 7) is 6.88. The van der Waals surface area contributed by atoms with Gasteiger partial charge >= 0.3 is 0 Å². The predicted octanol–water partition coefficient (Wildman–Crippen LogP) is 5.49. The van der Waals surface area contributed by atoms with Gasteiger partial charge < -0.3 is 9.80 Å². The first-order valence-corrected chi connectivity index (χ1v) is 12.8. The number of nitrogens with zero attached hydrogens (tertiary/aromatic N) is 5. The molecule has 1 atom stereocenters. The van der Waals surface area contributed by atoms with Crippen molar-refractivity contribution < 1.29 is 9.18 Å². The fraction of sp³-hybridized carbons (Fsp3) is 0.519. The molecule has 34 heavy (non-hydrogen) atoms. The number of aryl methyl sites for hydroxylation is 1. The molecule has 0 unspecified atom stereocenters. The Bertz CT molecular complexity index is 1180. The van der Waals surface area contributed by atoms with Gasteiger partial charge in [0.15, 0.2) is 5.65 Å². The third kappa shape index (κ3) is 4.40. The van der Waals surface area contributed by atoms with Crippen molar-refractivity contribution in [2.45, 2.75) is 71.3 Å². The van der Waals surface area contributed by atoms with Crippen molar-refractivity contribution >= 4 is 17.2 Å². The standard InChI is InChI=1S/C27H34FN5O/c1-3-20-17-25(27(34)32-15-9-4-6-10-19(32)2)29-26-18-24(30-33(20)26)22-12-11-21(16-23(22)28)31-13-7-5-8-14-31/h11-12,16-19H,3-10,13-15H2,1-2H3/t19-/m1/s1. The van der Waals surface area contributed by atoms with Crippen LogP contribution in [0.15, 0.2) is 30.3 Å². The summed E-state index contributed by atoms with van der Waals surface area (Å²) < 4.78 is 16.9. The maximum absolute atomic E-state index is 15.2. The van der Waals surface area contributed by atoms with Gasteiger partial charge in [-0.3, -0.25) is 4.79 Å². The lowest BCUT2D eigenvalue weighted by atomic mass is 10.1. The number of carbonyl (C=O) groups is 1. The first-order chi connectivity index (χ1) is 16.5. The van der Waals surface area contributed by atoms with E-state index in [9.17, 15) is 4.79 Å². The van der Waals surface area contributed by atoms with Crippen molar-refractivity contribution in [1.29, 1.82) is 0 Å². The van der Waals surface area contributed by atoms with Crippen molar-refractivity contribution in [1.82, 2.24) is 19.5 Å². The van der Waals surface area contributed by atoms with Gasteiger partial charge in [-0.25, -0.2) is 13.9 Å². The Morgan fingerprint density at radius 2 is 1.79 bits per heavy atom. The van der Waals surface area contributed by atoms with Gasteiger partial charge in [0, 0.05) is 48.7 Å². The number of rotatable bonds is 4. The van der Waals surface area contributed by atoms with Crippen molar-refractivity contribution in [2.75, 3.05) is 24.5 Å². The van der Waals surface area contributed by atoms with Gasteiger partial charge in [0.05, 0.1) is 5.69 Å². The van der Waals surface area contributed by atoms with E-state index in [0.29, 0.717) is 29.0 Å². The first kappa shape index (κ1) is 22.8. The monoisotopic (exact) mass is 463 g/mol. The molecule has 5 rings (SSSR count). The van der Waals surface area contributed by atoms with Gasteiger partial charge in [0.25, 0.3) is 5.91 Å². The molecule has 2 fully saturated rings. The van der Waals surface area contributed by atoms with E-state index in [0.717, 1.165) is 69.5 Å². The van der Waals surface area contributed by atoms with Gasteiger partial charge in [0.2, 0.25) is 0 Å². The molecule has 180 valence electrons. The molecule has 0 N–H and O–H groups in total. The Kier molecular flexibility index (Phi) is 6.53. The van der Waals surface area contributed by atoms with Crippen molar-refractivity contribution in [3.05, 3.63) is 47.5 Å². The maximum Gasteiger partial charge on any atom is 0.272 e. The number of hydrogen-bond donors (Lipinski definition) is 0. The van der Waals surface area contributed by atoms with Crippen molar-refractivity contribution in [2.24, 2.45) is 0 Å². The van der Waals surface area contributed by atoms with Crippen LogP contribution in [0.1, 0.15) is 75.0 Å². The van der Waals surface area contributed by atoms with Crippen LogP contribution in [0, 0.1) is 5.82 Å². The number of carbonyl (C=O) groups excluding carboxylic acids is 1. The lowest BCUT2D eigenvalue weighted by Gasteiger charge is -2.28. The zero-order chi connectivity index (χ0) is 23.7. The van der Waals surface area contributed by atoms with Gasteiger partial charge in [-0.05, 0) is 69.7 Å². The summed E-state index contributed by atoms with van der Waals surface area (Å²) in [5.74, 6) is -0.300. The molecule has 0 bridgehead atoms. The van der Waals surface area contributed by atoms with Crippen LogP contribution in [-0.4, -0.2) is 51.1 Å². The van der Waals surface area contributed by atoms with Gasteiger partial charge in [-0.2, -0.15) is 5.10 Å². The highest BCUT2D eigenvalue weighted by Gasteiger charge is 2.25. The zero-order valence-electron chi connectivity index (χ0n) is 20.3. The van der Waals surface area contributed by atoms with Crippen LogP contribution in [0.25, 0.3) is 16.9 Å². The van der Waals surface area contributed by atoms with E-state index < -0.39 is 0 Å². The van der Waals surface area contributed by atoms with Crippen LogP contribution >= 0.6 is 0 Å². The number of fused-ring (bicyclic) bond motifs is 1. The molecule has 2 aliphatic heterocycles. The van der Waals surface area contributed by atoms with Crippen molar-refractivity contribution in [3.63, 3.8) is 0 Å². The summed E-state index contributed by atoms with van der Waals surface area (Å²) in [6, 6.07) is 9.27. The summed E-state index contributed by atoms with van der Waals surface area (Å²) in [5, 5.41) is 4.68. The smallest absolute Gasteiger partial charge is 0.272 e. The fourth-order valence-corrected chi connectivity index (χ4v) is 5.31. The van der Waals surface area contributed by atoms with Gasteiger partial charge in [-0.1, -0.05) is 19.8 Å². The largest absolute Gasteiger partial charge is 0.371 e. The molecule has 0 aliphatic carbocycles. The molecule has 1 aromatic carbocycles. The molecular weight excluding hydrogens is 429 g/mol. The predicted molar refractivity (Wildman–Crippen MR) is 133 cm³/mol. The van der Waals surface area contributed by atoms with E-state index in [4.69, 9.17) is 0 Å². The number of piperidine rings is 1. The Morgan fingerprint density at radius 1 is 1.03 bits per heavy atom. The highest BCUT2D eigenvalue weighted by Crippen LogP contribution is 2.29. The topological polar surface area (TPSA) is 53.7 Å². The number of benzene rings is 1. The third-order valence-electron chi connectivity index (χ3n) is 7.35. The van der Waals surface area contributed by atoms with Crippen LogP contribution < -0.4 is 4.90 Å². The van der Waals surface area contributed by atoms with E-state index in [2.05, 4.69) is 21.9 Å². The second kappa shape index (κ2) is 9.72. The summed E-state index contributed by atoms with van der Waals surface area (Å²) in [7, 11) is 0. The SMILES string of the molecule is CCc1cc(C(=O)N2CCCCC[C@H]2C)nc2cc(-c3ccc(N4CCCCC4)cc3F)nn12. The molecule has 2 saturated heterocycles. The van der Waals surface area contributed by atoms with Crippen LogP contribution in [0.3, 0.4) is 0 Å². The number of anilines is 1. The summed E-state index contributed by atoms with van der Waals surface area (Å²) in [6.07, 6.45) is 8.62. The zero-order valence-corrected chi connectivity index (χ0v) is 20.3. The molecule has 3 aromatic rings. The number of aromatic nitrogens is 3. The third-order valence-corrected chi connectivity index (χ3v) is 7.35. The maximum atomic E-state index is 15.2. The molecule has 0 spiro atoms. The van der Waals surface area contributed by atoms with E-state index in [-0.39, 0.29) is 17.8 Å². The van der Waals surface area contributed by atoms with Crippen molar-refractivity contribution in [3.8, 4) is 11.3 Å². The van der Waals surface area contributed by atoms with Crippen LogP contribution in [0.5, 0.6) is 0 Å². The number of hydrogen-bond acceptors (Lipinski definition) is 4. The van der Waals surface area contributed by atoms with E-state index in [1.165, 1.54) is 6.42 Å². The minimum absolute atomic E-state index is 0.0218. The Labute approximate surface area is 200 Å². The molecule has 6 nitrogen and oxygen atoms in total. The number of halogens is 1. The van der Waals surface area contributed by atoms with E-state index in [1.807, 2.05) is 30.0 Å². The van der Waals surface area contributed by atoms with Gasteiger partial charge in [-0.15, -0.1) is 0 Å². The average molecular weight is 464 g/mol. The van der Waals surface area contributed by atoms with Crippen LogP contribution in [0.4, 0.5) is 10.1 Å². The number of amides is 1. The molecule has 1 amide bonds. The first-order valence-electron chi connectivity index (χ1n) is 12.8. The van der Waals surface area contributed by atoms with E-state index in [1.54, 1.807) is 16.6 Å². The minimum Gasteiger partial charge on any atom is -0.371 e. The molecule has 2 aliphatic rings. The Hall–Kier alpha value is -2.96. The Balaban J connectivity index is 1.48. The fourth-order valence-electron chi connectivity index (χ4n) is 5.31. The molecular formula is C27H34FN5O. The summed E-state index contributed by atoms with van der Waals surface area (Å²) in [5.41, 5.74) is 3.86. The second-order valence-corrected chi connectivity index (χ2v) is 9.69. The summed E-state index contributed by atoms with van der Waals surface area (Å²) >= 11 is 0. The molecule has 7 heteroatoms. The number of likely N-dealkylation sites (tertiary alicyclic amines) is 1. The van der Waals surface area contributed by atoms with Crippen LogP contribution in [0.2, 0.25) is 0 Å². The van der Waals surface area contributed by atoms with Gasteiger partial charge in [0.1, 0.15) is 11.5 Å². The highest BCUT2D eigenvalue weighted by atomic mass is 19.1. The lowest BCUT2D eigenvalue weighted by Crippen LogP contribution is -2.38. The quantitative estimate of drug-likeness (QED) is 0.513. The minimum atomic E-state index is -0.279. The molecule has 0 radical (unpaired) electrons. The van der Waals surface area contributed by atoms with Crippen LogP contribution in [-0.2, 0) is 6.42 Å². The molecule has 4 heterocycles. The normalized spacial score (nSPS) is 19.4. The second-order valence-electron chi connectivity index (χ2n) is 9.69. The Morgan fingerprint density at radius 3 is 2.56 bits per heavy atom. The summed E-state index contributed by atoms with van der Waals surface area (Å²) in [4.78, 5) is 22.2. The molecule has 2 aromatic heterocycles. The lowest BCUT2D eigenvalue weighted by molar-refractivity contribution is 0.0692. The average Bonchev–Trinajstić information content (AvgIpc) is 3.17. The highest BCUT2D eigenvalue weighted by molar-refractivity contribution is 5.93. The van der Waals surface area contributed by atoms with E-state index >= 15 is 4.39 Å². The molecule has 0 saturated carbocycles.